The second kappa shape index (κ2) is 7.01. The minimum Gasteiger partial charge on any atom is -0.326 e. The van der Waals surface area contributed by atoms with E-state index in [0.717, 1.165) is 11.3 Å². The number of carbonyl (C=O) groups excluding carboxylic acids is 1. The fraction of sp³-hybridized carbons (Fsp3) is 0.588. The van der Waals surface area contributed by atoms with Gasteiger partial charge in [0.1, 0.15) is 0 Å². The molecule has 0 saturated carbocycles. The van der Waals surface area contributed by atoms with Gasteiger partial charge in [0.15, 0.2) is 0 Å². The molecule has 1 N–H and O–H groups in total. The molecule has 0 aromatic heterocycles. The van der Waals surface area contributed by atoms with Crippen molar-refractivity contribution in [3.8, 4) is 0 Å². The normalized spacial score (nSPS) is 15.2. The molecule has 0 atom stereocenters. The maximum absolute atomic E-state index is 13.0. The molecule has 0 spiro atoms. The summed E-state index contributed by atoms with van der Waals surface area (Å²) in [5.41, 5.74) is 1.61. The number of sulfonamides is 1. The predicted molar refractivity (Wildman–Crippen MR) is 91.8 cm³/mol. The first kappa shape index (κ1) is 17.9. The highest BCUT2D eigenvalue weighted by atomic mass is 32.2. The Labute approximate surface area is 139 Å². The number of amides is 1. The molecule has 6 heteroatoms. The van der Waals surface area contributed by atoms with Crippen LogP contribution in [0.5, 0.6) is 0 Å². The molecule has 1 aliphatic rings. The third-order valence-corrected chi connectivity index (χ3v) is 5.58. The van der Waals surface area contributed by atoms with E-state index in [9.17, 15) is 13.2 Å². The summed E-state index contributed by atoms with van der Waals surface area (Å²) in [5.74, 6) is 0.509. The van der Waals surface area contributed by atoms with E-state index >= 15 is 0 Å². The summed E-state index contributed by atoms with van der Waals surface area (Å²) in [6.45, 7) is 9.09. The SMILES string of the molecule is CC(C)CN(CC(C)C)S(=O)(=O)c1ccc2c(c1)CCC(=O)N2. The summed E-state index contributed by atoms with van der Waals surface area (Å²) in [6, 6.07) is 4.99. The van der Waals surface area contributed by atoms with Crippen molar-refractivity contribution in [1.29, 1.82) is 0 Å². The van der Waals surface area contributed by atoms with Crippen molar-refractivity contribution in [2.24, 2.45) is 11.8 Å². The molecule has 1 aromatic rings. The van der Waals surface area contributed by atoms with Gasteiger partial charge in [0.25, 0.3) is 0 Å². The molecule has 0 unspecified atom stereocenters. The Morgan fingerprint density at radius 3 is 2.26 bits per heavy atom. The van der Waals surface area contributed by atoms with Crippen LogP contribution in [0, 0.1) is 11.8 Å². The standard InChI is InChI=1S/C17H26N2O3S/c1-12(2)10-19(11-13(3)4)23(21,22)15-6-7-16-14(9-15)5-8-17(20)18-16/h6-7,9,12-13H,5,8,10-11H2,1-4H3,(H,18,20). The lowest BCUT2D eigenvalue weighted by Crippen LogP contribution is -2.37. The Morgan fingerprint density at radius 1 is 1.09 bits per heavy atom. The number of benzene rings is 1. The summed E-state index contributed by atoms with van der Waals surface area (Å²) in [5, 5.41) is 2.78. The van der Waals surface area contributed by atoms with Crippen molar-refractivity contribution in [3.05, 3.63) is 23.8 Å². The Balaban J connectivity index is 2.35. The number of anilines is 1. The van der Waals surface area contributed by atoms with Crippen LogP contribution in [0.25, 0.3) is 0 Å². The topological polar surface area (TPSA) is 66.5 Å². The second-order valence-electron chi connectivity index (χ2n) is 6.98. The van der Waals surface area contributed by atoms with Gasteiger partial charge in [-0.2, -0.15) is 4.31 Å². The minimum absolute atomic E-state index is 0.0191. The monoisotopic (exact) mass is 338 g/mol. The highest BCUT2D eigenvalue weighted by Gasteiger charge is 2.27. The van der Waals surface area contributed by atoms with Crippen LogP contribution in [0.2, 0.25) is 0 Å². The molecule has 5 nitrogen and oxygen atoms in total. The predicted octanol–water partition coefficient (Wildman–Crippen LogP) is 2.87. The van der Waals surface area contributed by atoms with E-state index in [-0.39, 0.29) is 17.7 Å². The molecule has 0 saturated heterocycles. The highest BCUT2D eigenvalue weighted by molar-refractivity contribution is 7.89. The zero-order valence-electron chi connectivity index (χ0n) is 14.3. The number of hydrogen-bond acceptors (Lipinski definition) is 3. The molecule has 128 valence electrons. The molecule has 1 aliphatic heterocycles. The van der Waals surface area contributed by atoms with Gasteiger partial charge in [-0.05, 0) is 42.0 Å². The van der Waals surface area contributed by atoms with Crippen LogP contribution in [0.4, 0.5) is 5.69 Å². The van der Waals surface area contributed by atoms with Gasteiger partial charge < -0.3 is 5.32 Å². The van der Waals surface area contributed by atoms with Crippen molar-refractivity contribution in [2.75, 3.05) is 18.4 Å². The van der Waals surface area contributed by atoms with Gasteiger partial charge in [0.2, 0.25) is 15.9 Å². The van der Waals surface area contributed by atoms with Crippen molar-refractivity contribution in [1.82, 2.24) is 4.31 Å². The average Bonchev–Trinajstić information content (AvgIpc) is 2.44. The molecule has 0 bridgehead atoms. The van der Waals surface area contributed by atoms with E-state index < -0.39 is 10.0 Å². The van der Waals surface area contributed by atoms with Crippen molar-refractivity contribution in [3.63, 3.8) is 0 Å². The Kier molecular flexibility index (Phi) is 5.47. The van der Waals surface area contributed by atoms with Crippen LogP contribution in [0.15, 0.2) is 23.1 Å². The molecule has 1 aromatic carbocycles. The Morgan fingerprint density at radius 2 is 1.70 bits per heavy atom. The van der Waals surface area contributed by atoms with Gasteiger partial charge in [0, 0.05) is 25.2 Å². The zero-order chi connectivity index (χ0) is 17.2. The number of rotatable bonds is 6. The third kappa shape index (κ3) is 4.32. The largest absolute Gasteiger partial charge is 0.326 e. The van der Waals surface area contributed by atoms with Gasteiger partial charge in [-0.3, -0.25) is 4.79 Å². The van der Waals surface area contributed by atoms with Crippen LogP contribution in [0.3, 0.4) is 0 Å². The van der Waals surface area contributed by atoms with Crippen molar-refractivity contribution < 1.29 is 13.2 Å². The number of hydrogen-bond donors (Lipinski definition) is 1. The lowest BCUT2D eigenvalue weighted by Gasteiger charge is -2.26. The maximum atomic E-state index is 13.0. The van der Waals surface area contributed by atoms with Crippen LogP contribution in [-0.2, 0) is 21.2 Å². The zero-order valence-corrected chi connectivity index (χ0v) is 15.1. The lowest BCUT2D eigenvalue weighted by molar-refractivity contribution is -0.116. The first-order chi connectivity index (χ1) is 10.7. The molecule has 1 amide bonds. The second-order valence-corrected chi connectivity index (χ2v) is 8.91. The first-order valence-electron chi connectivity index (χ1n) is 8.13. The van der Waals surface area contributed by atoms with Crippen LogP contribution in [-0.4, -0.2) is 31.7 Å². The Bertz CT molecular complexity index is 671. The number of aryl methyl sites for hydroxylation is 1. The smallest absolute Gasteiger partial charge is 0.243 e. The molecule has 23 heavy (non-hydrogen) atoms. The molecule has 0 aliphatic carbocycles. The summed E-state index contributed by atoms with van der Waals surface area (Å²) in [6.07, 6.45) is 0.983. The van der Waals surface area contributed by atoms with Gasteiger partial charge >= 0.3 is 0 Å². The van der Waals surface area contributed by atoms with E-state index in [4.69, 9.17) is 0 Å². The summed E-state index contributed by atoms with van der Waals surface area (Å²) in [4.78, 5) is 11.7. The maximum Gasteiger partial charge on any atom is 0.243 e. The van der Waals surface area contributed by atoms with Gasteiger partial charge in [0.05, 0.1) is 4.90 Å². The van der Waals surface area contributed by atoms with Gasteiger partial charge in [-0.25, -0.2) is 8.42 Å². The molecular formula is C17H26N2O3S. The van der Waals surface area contributed by atoms with Crippen LogP contribution < -0.4 is 5.32 Å². The third-order valence-electron chi connectivity index (χ3n) is 3.75. The molecular weight excluding hydrogens is 312 g/mol. The van der Waals surface area contributed by atoms with E-state index in [1.807, 2.05) is 27.7 Å². The molecule has 0 radical (unpaired) electrons. The van der Waals surface area contributed by atoms with Crippen LogP contribution in [0.1, 0.15) is 39.7 Å². The number of nitrogens with one attached hydrogen (secondary N) is 1. The number of fused-ring (bicyclic) bond motifs is 1. The number of carbonyl (C=O) groups is 1. The van der Waals surface area contributed by atoms with Crippen molar-refractivity contribution >= 4 is 21.6 Å². The van der Waals surface area contributed by atoms with E-state index in [0.29, 0.717) is 30.8 Å². The van der Waals surface area contributed by atoms with Gasteiger partial charge in [-0.15, -0.1) is 0 Å². The molecule has 2 rings (SSSR count). The quantitative estimate of drug-likeness (QED) is 0.867. The number of nitrogens with zero attached hydrogens (tertiary/aromatic N) is 1. The van der Waals surface area contributed by atoms with Crippen LogP contribution >= 0.6 is 0 Å². The minimum atomic E-state index is -3.52. The average molecular weight is 338 g/mol. The lowest BCUT2D eigenvalue weighted by atomic mass is 10.0. The van der Waals surface area contributed by atoms with Crippen molar-refractivity contribution in [2.45, 2.75) is 45.4 Å². The van der Waals surface area contributed by atoms with E-state index in [2.05, 4.69) is 5.32 Å². The Hall–Kier alpha value is -1.40. The summed E-state index contributed by atoms with van der Waals surface area (Å²) in [7, 11) is -3.52. The fourth-order valence-electron chi connectivity index (χ4n) is 2.75. The fourth-order valence-corrected chi connectivity index (χ4v) is 4.57. The first-order valence-corrected chi connectivity index (χ1v) is 9.57. The molecule has 0 fully saturated rings. The molecule has 1 heterocycles. The summed E-state index contributed by atoms with van der Waals surface area (Å²) >= 11 is 0. The van der Waals surface area contributed by atoms with Gasteiger partial charge in [-0.1, -0.05) is 27.7 Å². The highest BCUT2D eigenvalue weighted by Crippen LogP contribution is 2.27. The van der Waals surface area contributed by atoms with E-state index in [1.54, 1.807) is 22.5 Å². The van der Waals surface area contributed by atoms with E-state index in [1.165, 1.54) is 0 Å². The summed E-state index contributed by atoms with van der Waals surface area (Å²) < 4.78 is 27.6.